The number of benzene rings is 1. The van der Waals surface area contributed by atoms with E-state index < -0.39 is 0 Å². The molecule has 4 nitrogen and oxygen atoms in total. The summed E-state index contributed by atoms with van der Waals surface area (Å²) in [6.07, 6.45) is -0.207. The van der Waals surface area contributed by atoms with E-state index in [0.29, 0.717) is 23.7 Å². The van der Waals surface area contributed by atoms with Crippen molar-refractivity contribution in [1.29, 1.82) is 0 Å². The quantitative estimate of drug-likeness (QED) is 0.786. The van der Waals surface area contributed by atoms with Crippen molar-refractivity contribution in [1.82, 2.24) is 0 Å². The summed E-state index contributed by atoms with van der Waals surface area (Å²) in [4.78, 5) is 14.1. The molecular weight excluding hydrogens is 300 g/mol. The first-order valence-electron chi connectivity index (χ1n) is 7.28. The maximum atomic E-state index is 12.5. The number of rotatable bonds is 5. The molecule has 116 valence electrons. The predicted molar refractivity (Wildman–Crippen MR) is 84.6 cm³/mol. The Morgan fingerprint density at radius 1 is 1.14 bits per heavy atom. The van der Waals surface area contributed by atoms with E-state index in [1.54, 1.807) is 12.1 Å². The molecule has 0 saturated carbocycles. The first-order chi connectivity index (χ1) is 10.6. The van der Waals surface area contributed by atoms with Crippen LogP contribution in [-0.2, 0) is 9.47 Å². The average Bonchev–Trinajstić information content (AvgIpc) is 3.18. The molecule has 0 unspecified atom stereocenters. The molecule has 3 rings (SSSR count). The van der Waals surface area contributed by atoms with Crippen LogP contribution in [-0.4, -0.2) is 25.1 Å². The summed E-state index contributed by atoms with van der Waals surface area (Å²) in [7, 11) is 0. The van der Waals surface area contributed by atoms with E-state index in [4.69, 9.17) is 14.2 Å². The molecule has 1 fully saturated rings. The summed E-state index contributed by atoms with van der Waals surface area (Å²) in [6, 6.07) is 11.0. The van der Waals surface area contributed by atoms with Gasteiger partial charge in [-0.1, -0.05) is 0 Å². The van der Waals surface area contributed by atoms with E-state index in [-0.39, 0.29) is 18.2 Å². The van der Waals surface area contributed by atoms with Crippen LogP contribution in [0.5, 0.6) is 5.75 Å². The number of ether oxygens (including phenoxy) is 3. The van der Waals surface area contributed by atoms with Crippen molar-refractivity contribution in [2.75, 3.05) is 13.2 Å². The summed E-state index contributed by atoms with van der Waals surface area (Å²) in [5, 5.41) is 0. The maximum Gasteiger partial charge on any atom is 0.202 e. The second-order valence-electron chi connectivity index (χ2n) is 5.30. The number of carbonyl (C=O) groups excluding carboxylic acids is 1. The second-order valence-corrected chi connectivity index (χ2v) is 6.41. The van der Waals surface area contributed by atoms with Gasteiger partial charge >= 0.3 is 0 Å². The van der Waals surface area contributed by atoms with Crippen molar-refractivity contribution in [3.63, 3.8) is 0 Å². The monoisotopic (exact) mass is 318 g/mol. The summed E-state index contributed by atoms with van der Waals surface area (Å²) < 4.78 is 16.5. The Morgan fingerprint density at radius 3 is 2.45 bits per heavy atom. The fourth-order valence-electron chi connectivity index (χ4n) is 2.22. The van der Waals surface area contributed by atoms with Crippen molar-refractivity contribution < 1.29 is 19.0 Å². The molecular formula is C17H18O4S. The summed E-state index contributed by atoms with van der Waals surface area (Å²) in [6.45, 7) is 5.14. The van der Waals surface area contributed by atoms with E-state index in [1.807, 2.05) is 38.1 Å². The third-order valence-electron chi connectivity index (χ3n) is 3.19. The Bertz CT molecular complexity index is 639. The fourth-order valence-corrected chi connectivity index (χ4v) is 3.19. The highest BCUT2D eigenvalue weighted by Crippen LogP contribution is 2.30. The van der Waals surface area contributed by atoms with Crippen molar-refractivity contribution in [2.45, 2.75) is 26.2 Å². The summed E-state index contributed by atoms with van der Waals surface area (Å²) in [5.41, 5.74) is 0.651. The van der Waals surface area contributed by atoms with Gasteiger partial charge < -0.3 is 14.2 Å². The first kappa shape index (κ1) is 15.2. The maximum absolute atomic E-state index is 12.5. The van der Waals surface area contributed by atoms with Crippen LogP contribution in [0, 0.1) is 0 Å². The molecule has 1 aromatic heterocycles. The van der Waals surface area contributed by atoms with Crippen LogP contribution in [0.25, 0.3) is 0 Å². The molecule has 0 N–H and O–H groups in total. The number of hydrogen-bond donors (Lipinski definition) is 0. The highest BCUT2D eigenvalue weighted by molar-refractivity contribution is 7.14. The Morgan fingerprint density at radius 2 is 1.82 bits per heavy atom. The molecule has 0 aliphatic carbocycles. The van der Waals surface area contributed by atoms with Gasteiger partial charge in [0.2, 0.25) is 5.78 Å². The Kier molecular flexibility index (Phi) is 4.57. The minimum atomic E-state index is -0.326. The SMILES string of the molecule is CC(C)Oc1ccc(C(=O)c2ccc(C3OCCO3)s2)cc1. The molecule has 22 heavy (non-hydrogen) atoms. The molecule has 1 aliphatic rings. The lowest BCUT2D eigenvalue weighted by molar-refractivity contribution is -0.0413. The molecule has 0 bridgehead atoms. The van der Waals surface area contributed by atoms with E-state index in [0.717, 1.165) is 10.6 Å². The van der Waals surface area contributed by atoms with E-state index in [2.05, 4.69) is 0 Å². The molecule has 0 atom stereocenters. The Labute approximate surface area is 133 Å². The van der Waals surface area contributed by atoms with Gasteiger partial charge in [0, 0.05) is 5.56 Å². The number of thiophene rings is 1. The lowest BCUT2D eigenvalue weighted by Gasteiger charge is -2.09. The van der Waals surface area contributed by atoms with Crippen LogP contribution < -0.4 is 4.74 Å². The van der Waals surface area contributed by atoms with Crippen LogP contribution in [0.15, 0.2) is 36.4 Å². The molecule has 0 radical (unpaired) electrons. The van der Waals surface area contributed by atoms with Gasteiger partial charge in [0.15, 0.2) is 6.29 Å². The van der Waals surface area contributed by atoms with Crippen molar-refractivity contribution in [2.24, 2.45) is 0 Å². The Hall–Kier alpha value is -1.69. The van der Waals surface area contributed by atoms with Crippen molar-refractivity contribution in [3.8, 4) is 5.75 Å². The van der Waals surface area contributed by atoms with Gasteiger partial charge in [-0.2, -0.15) is 0 Å². The van der Waals surface area contributed by atoms with Crippen LogP contribution in [0.1, 0.15) is 40.2 Å². The van der Waals surface area contributed by atoms with E-state index >= 15 is 0 Å². The zero-order valence-electron chi connectivity index (χ0n) is 12.6. The molecule has 1 aliphatic heterocycles. The van der Waals surface area contributed by atoms with Gasteiger partial charge in [0.1, 0.15) is 5.75 Å². The van der Waals surface area contributed by atoms with Gasteiger partial charge in [0.25, 0.3) is 0 Å². The number of ketones is 1. The normalized spacial score (nSPS) is 15.4. The molecule has 0 spiro atoms. The Balaban J connectivity index is 1.73. The van der Waals surface area contributed by atoms with Gasteiger partial charge in [-0.05, 0) is 50.2 Å². The van der Waals surface area contributed by atoms with Crippen molar-refractivity contribution >= 4 is 17.1 Å². The van der Waals surface area contributed by atoms with Gasteiger partial charge in [-0.15, -0.1) is 11.3 Å². The molecule has 5 heteroatoms. The zero-order valence-corrected chi connectivity index (χ0v) is 13.4. The highest BCUT2D eigenvalue weighted by atomic mass is 32.1. The lowest BCUT2D eigenvalue weighted by Crippen LogP contribution is -2.06. The van der Waals surface area contributed by atoms with Gasteiger partial charge in [-0.3, -0.25) is 4.79 Å². The number of carbonyl (C=O) groups is 1. The van der Waals surface area contributed by atoms with Crippen LogP contribution >= 0.6 is 11.3 Å². The zero-order chi connectivity index (χ0) is 15.5. The van der Waals surface area contributed by atoms with E-state index in [9.17, 15) is 4.79 Å². The molecule has 2 aromatic rings. The highest BCUT2D eigenvalue weighted by Gasteiger charge is 2.22. The van der Waals surface area contributed by atoms with Crippen LogP contribution in [0.3, 0.4) is 0 Å². The van der Waals surface area contributed by atoms with Gasteiger partial charge in [-0.25, -0.2) is 0 Å². The predicted octanol–water partition coefficient (Wildman–Crippen LogP) is 3.81. The summed E-state index contributed by atoms with van der Waals surface area (Å²) in [5.74, 6) is 0.775. The molecule has 0 amide bonds. The van der Waals surface area contributed by atoms with Gasteiger partial charge in [0.05, 0.1) is 29.1 Å². The first-order valence-corrected chi connectivity index (χ1v) is 8.09. The molecule has 1 aromatic carbocycles. The van der Waals surface area contributed by atoms with E-state index in [1.165, 1.54) is 11.3 Å². The average molecular weight is 318 g/mol. The minimum absolute atomic E-state index is 0.00495. The minimum Gasteiger partial charge on any atom is -0.491 e. The standard InChI is InChI=1S/C17H18O4S/c1-11(2)21-13-5-3-12(4-6-13)16(18)14-7-8-15(22-14)17-19-9-10-20-17/h3-8,11,17H,9-10H2,1-2H3. The number of hydrogen-bond acceptors (Lipinski definition) is 5. The van der Waals surface area contributed by atoms with Crippen LogP contribution in [0.2, 0.25) is 0 Å². The fraction of sp³-hybridized carbons (Fsp3) is 0.353. The smallest absolute Gasteiger partial charge is 0.202 e. The lowest BCUT2D eigenvalue weighted by atomic mass is 10.1. The largest absolute Gasteiger partial charge is 0.491 e. The summed E-state index contributed by atoms with van der Waals surface area (Å²) >= 11 is 1.42. The molecule has 1 saturated heterocycles. The second kappa shape index (κ2) is 6.60. The topological polar surface area (TPSA) is 44.8 Å². The van der Waals surface area contributed by atoms with Crippen LogP contribution in [0.4, 0.5) is 0 Å². The third-order valence-corrected chi connectivity index (χ3v) is 4.30. The van der Waals surface area contributed by atoms with Crippen molar-refractivity contribution in [3.05, 3.63) is 51.7 Å². The molecule has 2 heterocycles. The third kappa shape index (κ3) is 3.38.